The van der Waals surface area contributed by atoms with Crippen LogP contribution in [0.2, 0.25) is 0 Å². The maximum Gasteiger partial charge on any atom is 0.335 e. The highest BCUT2D eigenvalue weighted by molar-refractivity contribution is 6.18. The van der Waals surface area contributed by atoms with E-state index in [4.69, 9.17) is 14.2 Å². The highest BCUT2D eigenvalue weighted by atomic mass is 16.6. The molecule has 2 rings (SSSR count). The van der Waals surface area contributed by atoms with Crippen LogP contribution in [0.5, 0.6) is 0 Å². The maximum atomic E-state index is 12.8. The van der Waals surface area contributed by atoms with Gasteiger partial charge in [0.05, 0.1) is 43.0 Å². The average molecular weight is 447 g/mol. The van der Waals surface area contributed by atoms with Crippen LogP contribution in [-0.2, 0) is 41.6 Å². The quantitative estimate of drug-likeness (QED) is 0.166. The Kier molecular flexibility index (Phi) is 8.45. The van der Waals surface area contributed by atoms with Gasteiger partial charge in [-0.2, -0.15) is 5.10 Å². The van der Waals surface area contributed by atoms with E-state index in [0.29, 0.717) is 11.1 Å². The van der Waals surface area contributed by atoms with E-state index in [2.05, 4.69) is 5.10 Å². The molecule has 0 amide bonds. The van der Waals surface area contributed by atoms with Gasteiger partial charge < -0.3 is 14.2 Å². The number of carbonyl (C=O) groups is 3. The Bertz CT molecular complexity index is 939. The van der Waals surface area contributed by atoms with E-state index < -0.39 is 34.7 Å². The summed E-state index contributed by atoms with van der Waals surface area (Å²) in [7, 11) is 0. The predicted molar refractivity (Wildman–Crippen MR) is 110 cm³/mol. The van der Waals surface area contributed by atoms with E-state index in [1.807, 2.05) is 0 Å². The molecule has 11 nitrogen and oxygen atoms in total. The van der Waals surface area contributed by atoms with Crippen LogP contribution in [0.25, 0.3) is 0 Å². The molecule has 172 valence electrons. The Morgan fingerprint density at radius 1 is 1.00 bits per heavy atom. The second-order valence-electron chi connectivity index (χ2n) is 6.68. The fraction of sp³-hybridized carbons (Fsp3) is 0.429. The molecule has 0 bridgehead atoms. The third-order valence-corrected chi connectivity index (χ3v) is 4.55. The van der Waals surface area contributed by atoms with Crippen molar-refractivity contribution < 1.29 is 33.5 Å². The summed E-state index contributed by atoms with van der Waals surface area (Å²) in [5.74, 6) is -3.24. The molecular weight excluding hydrogens is 422 g/mol. The average Bonchev–Trinajstić information content (AvgIpc) is 3.19. The van der Waals surface area contributed by atoms with Crippen LogP contribution in [0.3, 0.4) is 0 Å². The third-order valence-electron chi connectivity index (χ3n) is 4.55. The summed E-state index contributed by atoms with van der Waals surface area (Å²) < 4.78 is 16.5. The van der Waals surface area contributed by atoms with Crippen LogP contribution >= 0.6 is 0 Å². The first-order valence-electron chi connectivity index (χ1n) is 10.0. The molecule has 0 radical (unpaired) electrons. The van der Waals surface area contributed by atoms with Crippen molar-refractivity contribution >= 4 is 23.6 Å². The third kappa shape index (κ3) is 5.29. The van der Waals surface area contributed by atoms with E-state index in [1.165, 1.54) is 23.1 Å². The van der Waals surface area contributed by atoms with Crippen molar-refractivity contribution in [2.75, 3.05) is 19.8 Å². The number of benzene rings is 1. The molecular formula is C21H25N3O8. The van der Waals surface area contributed by atoms with E-state index in [1.54, 1.807) is 39.0 Å². The number of nitro benzene ring substituents is 1. The largest absolute Gasteiger partial charge is 0.465 e. The van der Waals surface area contributed by atoms with Crippen molar-refractivity contribution in [2.24, 2.45) is 5.41 Å². The summed E-state index contributed by atoms with van der Waals surface area (Å²) in [6.07, 6.45) is 2.45. The first-order chi connectivity index (χ1) is 15.3. The fourth-order valence-electron chi connectivity index (χ4n) is 3.12. The van der Waals surface area contributed by atoms with E-state index in [9.17, 15) is 24.5 Å². The molecule has 1 heterocycles. The van der Waals surface area contributed by atoms with Gasteiger partial charge in [-0.3, -0.25) is 29.2 Å². The van der Waals surface area contributed by atoms with Crippen molar-refractivity contribution in [2.45, 2.75) is 33.7 Å². The summed E-state index contributed by atoms with van der Waals surface area (Å²) in [6, 6.07) is 6.20. The normalized spacial score (nSPS) is 11.0. The summed E-state index contributed by atoms with van der Waals surface area (Å²) in [6.45, 7) is 4.53. The molecule has 0 unspecified atom stereocenters. The van der Waals surface area contributed by atoms with Gasteiger partial charge in [0.1, 0.15) is 0 Å². The molecule has 0 N–H and O–H groups in total. The topological polar surface area (TPSA) is 140 Å². The first kappa shape index (κ1) is 24.5. The number of carbonyl (C=O) groups excluding carboxylic acids is 3. The van der Waals surface area contributed by atoms with E-state index >= 15 is 0 Å². The number of para-hydroxylation sites is 1. The number of hydrogen-bond donors (Lipinski definition) is 0. The minimum Gasteiger partial charge on any atom is -0.465 e. The van der Waals surface area contributed by atoms with Gasteiger partial charge in [-0.05, 0) is 26.3 Å². The van der Waals surface area contributed by atoms with Gasteiger partial charge in [0.2, 0.25) is 0 Å². The summed E-state index contributed by atoms with van der Waals surface area (Å²) in [5, 5.41) is 15.4. The molecule has 0 aliphatic carbocycles. The van der Waals surface area contributed by atoms with Gasteiger partial charge in [0.15, 0.2) is 0 Å². The first-order valence-corrected chi connectivity index (χ1v) is 10.0. The van der Waals surface area contributed by atoms with Crippen LogP contribution in [0.15, 0.2) is 36.7 Å². The molecule has 0 aliphatic rings. The van der Waals surface area contributed by atoms with Crippen LogP contribution in [-0.4, -0.2) is 52.4 Å². The fourth-order valence-corrected chi connectivity index (χ4v) is 3.12. The Labute approximate surface area is 184 Å². The summed E-state index contributed by atoms with van der Waals surface area (Å²) in [5.41, 5.74) is -1.66. The molecule has 0 atom stereocenters. The maximum absolute atomic E-state index is 12.8. The number of nitrogens with zero attached hydrogens (tertiary/aromatic N) is 3. The van der Waals surface area contributed by atoms with Crippen molar-refractivity contribution in [3.05, 3.63) is 57.9 Å². The molecule has 0 aliphatic heterocycles. The monoisotopic (exact) mass is 447 g/mol. The van der Waals surface area contributed by atoms with Gasteiger partial charge >= 0.3 is 17.9 Å². The van der Waals surface area contributed by atoms with Crippen LogP contribution < -0.4 is 0 Å². The van der Waals surface area contributed by atoms with Crippen molar-refractivity contribution in [1.29, 1.82) is 0 Å². The highest BCUT2D eigenvalue weighted by Crippen LogP contribution is 2.30. The lowest BCUT2D eigenvalue weighted by Crippen LogP contribution is -2.51. The van der Waals surface area contributed by atoms with Crippen LogP contribution in [0.1, 0.15) is 31.9 Å². The molecule has 2 aromatic rings. The lowest BCUT2D eigenvalue weighted by Gasteiger charge is -2.26. The molecule has 0 saturated carbocycles. The number of hydrogen-bond acceptors (Lipinski definition) is 9. The van der Waals surface area contributed by atoms with Crippen LogP contribution in [0, 0.1) is 15.5 Å². The molecule has 32 heavy (non-hydrogen) atoms. The van der Waals surface area contributed by atoms with Gasteiger partial charge in [-0.25, -0.2) is 0 Å². The smallest absolute Gasteiger partial charge is 0.335 e. The van der Waals surface area contributed by atoms with Crippen LogP contribution in [0.4, 0.5) is 5.69 Å². The van der Waals surface area contributed by atoms with Gasteiger partial charge in [0, 0.05) is 18.7 Å². The Morgan fingerprint density at radius 3 is 2.03 bits per heavy atom. The second kappa shape index (κ2) is 11.0. The minimum absolute atomic E-state index is 0.0592. The predicted octanol–water partition coefficient (Wildman–Crippen LogP) is 2.06. The molecule has 1 aromatic carbocycles. The Hall–Kier alpha value is -3.76. The molecule has 0 saturated heterocycles. The Morgan fingerprint density at radius 2 is 1.53 bits per heavy atom. The van der Waals surface area contributed by atoms with Crippen molar-refractivity contribution in [3.8, 4) is 0 Å². The molecule has 0 fully saturated rings. The van der Waals surface area contributed by atoms with Gasteiger partial charge in [-0.15, -0.1) is 0 Å². The summed E-state index contributed by atoms with van der Waals surface area (Å²) >= 11 is 0. The highest BCUT2D eigenvalue weighted by Gasteiger charge is 2.57. The summed E-state index contributed by atoms with van der Waals surface area (Å²) in [4.78, 5) is 49.1. The Balaban J connectivity index is 2.41. The van der Waals surface area contributed by atoms with Crippen molar-refractivity contribution in [3.63, 3.8) is 0 Å². The number of nitro groups is 1. The SMILES string of the molecule is CCOC(=O)C(Cc1cnn(Cc2ccccc2[N+](=O)[O-])c1)(C(=O)OCC)C(=O)OCC. The van der Waals surface area contributed by atoms with Crippen molar-refractivity contribution in [1.82, 2.24) is 9.78 Å². The van der Waals surface area contributed by atoms with Gasteiger partial charge in [-0.1, -0.05) is 18.2 Å². The van der Waals surface area contributed by atoms with E-state index in [0.717, 1.165) is 0 Å². The number of aromatic nitrogens is 2. The van der Waals surface area contributed by atoms with Gasteiger partial charge in [0.25, 0.3) is 11.1 Å². The zero-order valence-corrected chi connectivity index (χ0v) is 18.1. The molecule has 11 heteroatoms. The zero-order chi connectivity index (χ0) is 23.7. The minimum atomic E-state index is -2.35. The lowest BCUT2D eigenvalue weighted by molar-refractivity contribution is -0.385. The zero-order valence-electron chi connectivity index (χ0n) is 18.1. The molecule has 1 aromatic heterocycles. The molecule has 0 spiro atoms. The number of rotatable bonds is 11. The second-order valence-corrected chi connectivity index (χ2v) is 6.68. The van der Waals surface area contributed by atoms with E-state index in [-0.39, 0.29) is 32.1 Å². The number of ether oxygens (including phenoxy) is 3. The standard InChI is InChI=1S/C21H25N3O8/c1-4-30-18(25)21(19(26)31-5-2,20(27)32-6-3)11-15-12-22-23(13-15)14-16-9-7-8-10-17(16)24(28)29/h7-10,12-13H,4-6,11,14H2,1-3H3. The lowest BCUT2D eigenvalue weighted by atomic mass is 9.82. The number of esters is 3.